The molecule has 0 amide bonds. The molecule has 100 valence electrons. The molecule has 0 saturated carbocycles. The van der Waals surface area contributed by atoms with Crippen LogP contribution < -0.4 is 10.5 Å². The summed E-state index contributed by atoms with van der Waals surface area (Å²) in [6, 6.07) is 5.55. The maximum Gasteiger partial charge on any atom is 0.304 e. The Morgan fingerprint density at radius 2 is 2.11 bits per heavy atom. The van der Waals surface area contributed by atoms with Gasteiger partial charge in [0.1, 0.15) is 5.75 Å². The predicted octanol–water partition coefficient (Wildman–Crippen LogP) is 2.16. The third-order valence-corrected chi connectivity index (χ3v) is 2.85. The molecule has 1 atom stereocenters. The van der Waals surface area contributed by atoms with E-state index in [-0.39, 0.29) is 12.5 Å². The highest BCUT2D eigenvalue weighted by atomic mass is 16.5. The van der Waals surface area contributed by atoms with Crippen molar-refractivity contribution in [3.05, 3.63) is 29.3 Å². The standard InChI is InChI=1S/C14H21NO3/c1-9(2)12-7-10(4-5-13(12)18-3)6-11(15)8-14(16)17/h4-5,7,9,11H,6,8,15H2,1-3H3,(H,16,17). The molecule has 0 aliphatic rings. The van der Waals surface area contributed by atoms with Gasteiger partial charge in [-0.15, -0.1) is 0 Å². The van der Waals surface area contributed by atoms with Crippen LogP contribution in [0.15, 0.2) is 18.2 Å². The van der Waals surface area contributed by atoms with Crippen LogP contribution in [0.1, 0.15) is 37.3 Å². The summed E-state index contributed by atoms with van der Waals surface area (Å²) >= 11 is 0. The van der Waals surface area contributed by atoms with Gasteiger partial charge in [-0.25, -0.2) is 0 Å². The van der Waals surface area contributed by atoms with E-state index in [9.17, 15) is 4.79 Å². The van der Waals surface area contributed by atoms with Gasteiger partial charge in [0.05, 0.1) is 13.5 Å². The van der Waals surface area contributed by atoms with E-state index < -0.39 is 5.97 Å². The van der Waals surface area contributed by atoms with Crippen LogP contribution in [0.5, 0.6) is 5.75 Å². The minimum Gasteiger partial charge on any atom is -0.496 e. The van der Waals surface area contributed by atoms with E-state index >= 15 is 0 Å². The van der Waals surface area contributed by atoms with Crippen LogP contribution in [0.3, 0.4) is 0 Å². The Morgan fingerprint density at radius 3 is 2.61 bits per heavy atom. The van der Waals surface area contributed by atoms with Gasteiger partial charge in [0.25, 0.3) is 0 Å². The zero-order valence-electron chi connectivity index (χ0n) is 11.1. The number of rotatable bonds is 6. The number of carbonyl (C=O) groups is 1. The number of carboxylic acids is 1. The van der Waals surface area contributed by atoms with Crippen LogP contribution in [-0.4, -0.2) is 24.2 Å². The summed E-state index contributed by atoms with van der Waals surface area (Å²) in [4.78, 5) is 10.6. The van der Waals surface area contributed by atoms with Crippen LogP contribution in [0.2, 0.25) is 0 Å². The Bertz CT molecular complexity index is 416. The third kappa shape index (κ3) is 4.04. The van der Waals surface area contributed by atoms with Gasteiger partial charge < -0.3 is 15.6 Å². The van der Waals surface area contributed by atoms with Crippen LogP contribution in [-0.2, 0) is 11.2 Å². The second-order valence-electron chi connectivity index (χ2n) is 4.79. The van der Waals surface area contributed by atoms with Crippen molar-refractivity contribution in [2.75, 3.05) is 7.11 Å². The zero-order valence-corrected chi connectivity index (χ0v) is 11.1. The fraction of sp³-hybridized carbons (Fsp3) is 0.500. The molecule has 0 bridgehead atoms. The minimum absolute atomic E-state index is 0.0109. The molecular formula is C14H21NO3. The van der Waals surface area contributed by atoms with E-state index in [2.05, 4.69) is 13.8 Å². The molecule has 4 heteroatoms. The quantitative estimate of drug-likeness (QED) is 0.812. The van der Waals surface area contributed by atoms with Gasteiger partial charge in [-0.05, 0) is 29.5 Å². The fourth-order valence-electron chi connectivity index (χ4n) is 1.96. The van der Waals surface area contributed by atoms with Gasteiger partial charge in [-0.3, -0.25) is 4.79 Å². The summed E-state index contributed by atoms with van der Waals surface area (Å²) in [5.41, 5.74) is 7.96. The number of carboxylic acid groups (broad SMARTS) is 1. The average molecular weight is 251 g/mol. The third-order valence-electron chi connectivity index (χ3n) is 2.85. The van der Waals surface area contributed by atoms with Crippen LogP contribution in [0.4, 0.5) is 0 Å². The first-order chi connectivity index (χ1) is 8.43. The highest BCUT2D eigenvalue weighted by Crippen LogP contribution is 2.27. The molecule has 0 fully saturated rings. The number of aliphatic carboxylic acids is 1. The lowest BCUT2D eigenvalue weighted by Crippen LogP contribution is -2.26. The first-order valence-corrected chi connectivity index (χ1v) is 6.08. The molecule has 1 aromatic carbocycles. The van der Waals surface area contributed by atoms with E-state index in [0.29, 0.717) is 12.3 Å². The number of hydrogen-bond acceptors (Lipinski definition) is 3. The summed E-state index contributed by atoms with van der Waals surface area (Å²) in [5, 5.41) is 8.69. The van der Waals surface area contributed by atoms with E-state index in [4.69, 9.17) is 15.6 Å². The molecule has 1 aromatic rings. The molecule has 0 radical (unpaired) electrons. The molecule has 0 saturated heterocycles. The lowest BCUT2D eigenvalue weighted by molar-refractivity contribution is -0.137. The second kappa shape index (κ2) is 6.40. The fourth-order valence-corrected chi connectivity index (χ4v) is 1.96. The van der Waals surface area contributed by atoms with Crippen molar-refractivity contribution in [1.29, 1.82) is 0 Å². The number of nitrogens with two attached hydrogens (primary N) is 1. The van der Waals surface area contributed by atoms with Crippen molar-refractivity contribution < 1.29 is 14.6 Å². The van der Waals surface area contributed by atoms with Crippen molar-refractivity contribution in [1.82, 2.24) is 0 Å². The number of ether oxygens (including phenoxy) is 1. The average Bonchev–Trinajstić information content (AvgIpc) is 2.27. The van der Waals surface area contributed by atoms with Gasteiger partial charge in [0, 0.05) is 6.04 Å². The Balaban J connectivity index is 2.84. The highest BCUT2D eigenvalue weighted by Gasteiger charge is 2.12. The maximum atomic E-state index is 10.6. The maximum absolute atomic E-state index is 10.6. The van der Waals surface area contributed by atoms with Gasteiger partial charge in [0.2, 0.25) is 0 Å². The van der Waals surface area contributed by atoms with E-state index in [1.807, 2.05) is 18.2 Å². The van der Waals surface area contributed by atoms with Crippen LogP contribution in [0.25, 0.3) is 0 Å². The second-order valence-corrected chi connectivity index (χ2v) is 4.79. The normalized spacial score (nSPS) is 12.5. The number of hydrogen-bond donors (Lipinski definition) is 2. The molecule has 0 aliphatic heterocycles. The molecule has 0 aromatic heterocycles. The largest absolute Gasteiger partial charge is 0.496 e. The van der Waals surface area contributed by atoms with E-state index in [1.54, 1.807) is 7.11 Å². The molecule has 0 heterocycles. The zero-order chi connectivity index (χ0) is 13.7. The van der Waals surface area contributed by atoms with Crippen molar-refractivity contribution in [2.45, 2.75) is 38.6 Å². The molecule has 1 unspecified atom stereocenters. The summed E-state index contributed by atoms with van der Waals surface area (Å²) < 4.78 is 5.31. The Hall–Kier alpha value is -1.55. The van der Waals surface area contributed by atoms with Gasteiger partial charge in [-0.1, -0.05) is 26.0 Å². The Labute approximate surface area is 108 Å². The summed E-state index contributed by atoms with van der Waals surface area (Å²) in [5.74, 6) is 0.358. The van der Waals surface area contributed by atoms with Crippen molar-refractivity contribution in [2.24, 2.45) is 5.73 Å². The SMILES string of the molecule is COc1ccc(CC(N)CC(=O)O)cc1C(C)C. The summed E-state index contributed by atoms with van der Waals surface area (Å²) in [6.07, 6.45) is 0.555. The molecule has 18 heavy (non-hydrogen) atoms. The molecule has 4 nitrogen and oxygen atoms in total. The Morgan fingerprint density at radius 1 is 1.44 bits per heavy atom. The highest BCUT2D eigenvalue weighted by molar-refractivity contribution is 5.67. The van der Waals surface area contributed by atoms with Crippen molar-refractivity contribution in [3.63, 3.8) is 0 Å². The van der Waals surface area contributed by atoms with E-state index in [0.717, 1.165) is 16.9 Å². The molecule has 1 rings (SSSR count). The molecule has 0 aliphatic carbocycles. The lowest BCUT2D eigenvalue weighted by atomic mass is 9.96. The smallest absolute Gasteiger partial charge is 0.304 e. The summed E-state index contributed by atoms with van der Waals surface area (Å²) in [6.45, 7) is 4.19. The first kappa shape index (κ1) is 14.5. The lowest BCUT2D eigenvalue weighted by Gasteiger charge is -2.15. The van der Waals surface area contributed by atoms with Gasteiger partial charge in [-0.2, -0.15) is 0 Å². The monoisotopic (exact) mass is 251 g/mol. The van der Waals surface area contributed by atoms with Crippen LogP contribution >= 0.6 is 0 Å². The van der Waals surface area contributed by atoms with Gasteiger partial charge in [0.15, 0.2) is 0 Å². The summed E-state index contributed by atoms with van der Waals surface area (Å²) in [7, 11) is 1.65. The predicted molar refractivity (Wildman–Crippen MR) is 71.0 cm³/mol. The van der Waals surface area contributed by atoms with E-state index in [1.165, 1.54) is 0 Å². The molecule has 3 N–H and O–H groups in total. The van der Waals surface area contributed by atoms with Gasteiger partial charge >= 0.3 is 5.97 Å². The van der Waals surface area contributed by atoms with Crippen molar-refractivity contribution in [3.8, 4) is 5.75 Å². The molecule has 0 spiro atoms. The minimum atomic E-state index is -0.861. The number of methoxy groups -OCH3 is 1. The first-order valence-electron chi connectivity index (χ1n) is 6.08. The Kier molecular flexibility index (Phi) is 5.16. The topological polar surface area (TPSA) is 72.5 Å². The van der Waals surface area contributed by atoms with Crippen LogP contribution in [0, 0.1) is 0 Å². The number of benzene rings is 1. The molecular weight excluding hydrogens is 230 g/mol. The van der Waals surface area contributed by atoms with Crippen molar-refractivity contribution >= 4 is 5.97 Å².